The Balaban J connectivity index is 1.88. The first-order valence-corrected chi connectivity index (χ1v) is 9.08. The number of rotatable bonds is 7. The van der Waals surface area contributed by atoms with Crippen molar-refractivity contribution in [2.24, 2.45) is 0 Å². The van der Waals surface area contributed by atoms with Gasteiger partial charge in [0, 0.05) is 11.4 Å². The van der Waals surface area contributed by atoms with Crippen LogP contribution in [0.15, 0.2) is 53.4 Å². The van der Waals surface area contributed by atoms with Gasteiger partial charge in [-0.1, -0.05) is 42.0 Å². The van der Waals surface area contributed by atoms with Crippen molar-refractivity contribution < 1.29 is 9.90 Å². The summed E-state index contributed by atoms with van der Waals surface area (Å²) >= 11 is 1.60. The fourth-order valence-electron chi connectivity index (χ4n) is 2.44. The topological polar surface area (TPSA) is 52.6 Å². The minimum Gasteiger partial charge on any atom is -0.387 e. The highest BCUT2D eigenvalue weighted by Gasteiger charge is 2.14. The normalized spacial score (nSPS) is 12.2. The third-order valence-corrected chi connectivity index (χ3v) is 4.54. The van der Waals surface area contributed by atoms with E-state index in [-0.39, 0.29) is 12.5 Å². The Morgan fingerprint density at radius 1 is 1.21 bits per heavy atom. The number of para-hydroxylation sites is 1. The van der Waals surface area contributed by atoms with Crippen LogP contribution in [0.3, 0.4) is 0 Å². The Morgan fingerprint density at radius 3 is 2.54 bits per heavy atom. The number of nitrogens with zero attached hydrogens (tertiary/aromatic N) is 1. The molecule has 0 saturated heterocycles. The molecule has 0 fully saturated rings. The zero-order valence-corrected chi connectivity index (χ0v) is 15.1. The number of aryl methyl sites for hydroxylation is 1. The molecule has 0 saturated carbocycles. The number of thioether (sulfide) groups is 1. The van der Waals surface area contributed by atoms with Gasteiger partial charge >= 0.3 is 0 Å². The minimum absolute atomic E-state index is 0.0879. The first-order valence-electron chi connectivity index (χ1n) is 7.85. The number of benzene rings is 2. The molecular weight excluding hydrogens is 320 g/mol. The van der Waals surface area contributed by atoms with E-state index in [1.807, 2.05) is 73.7 Å². The maximum absolute atomic E-state index is 12.2. The Labute approximate surface area is 147 Å². The lowest BCUT2D eigenvalue weighted by molar-refractivity contribution is -0.117. The molecular formula is C19H24N2O2S. The van der Waals surface area contributed by atoms with Crippen LogP contribution in [0.25, 0.3) is 0 Å². The number of carbonyl (C=O) groups excluding carboxylic acids is 1. The second-order valence-electron chi connectivity index (χ2n) is 5.87. The first kappa shape index (κ1) is 18.5. The number of hydrogen-bond donors (Lipinski definition) is 2. The molecule has 128 valence electrons. The highest BCUT2D eigenvalue weighted by atomic mass is 32.2. The number of carbonyl (C=O) groups is 1. The van der Waals surface area contributed by atoms with Gasteiger partial charge in [-0.25, -0.2) is 0 Å². The molecule has 0 radical (unpaired) electrons. The lowest BCUT2D eigenvalue weighted by Gasteiger charge is -2.20. The lowest BCUT2D eigenvalue weighted by atomic mass is 10.1. The standard InChI is InChI=1S/C19H24N2O2S/c1-14-8-10-15(11-9-14)17(22)12-21(2)13-19(23)20-16-6-4-5-7-18(16)24-3/h4-11,17,22H,12-13H2,1-3H3,(H,20,23). The number of aliphatic hydroxyl groups is 1. The van der Waals surface area contributed by atoms with Crippen LogP contribution in [-0.2, 0) is 4.79 Å². The Morgan fingerprint density at radius 2 is 1.88 bits per heavy atom. The predicted molar refractivity (Wildman–Crippen MR) is 100 cm³/mol. The van der Waals surface area contributed by atoms with Crippen molar-refractivity contribution in [2.45, 2.75) is 17.9 Å². The van der Waals surface area contributed by atoms with Crippen LogP contribution in [0, 0.1) is 6.92 Å². The van der Waals surface area contributed by atoms with Gasteiger partial charge in [0.15, 0.2) is 0 Å². The van der Waals surface area contributed by atoms with E-state index in [1.165, 1.54) is 0 Å². The van der Waals surface area contributed by atoms with Crippen LogP contribution >= 0.6 is 11.8 Å². The molecule has 0 bridgehead atoms. The molecule has 0 heterocycles. The zero-order chi connectivity index (χ0) is 17.5. The monoisotopic (exact) mass is 344 g/mol. The van der Waals surface area contributed by atoms with Gasteiger partial charge in [0.05, 0.1) is 18.3 Å². The van der Waals surface area contributed by atoms with Crippen molar-refractivity contribution >= 4 is 23.4 Å². The van der Waals surface area contributed by atoms with Gasteiger partial charge in [-0.3, -0.25) is 9.69 Å². The van der Waals surface area contributed by atoms with Crippen LogP contribution in [0.4, 0.5) is 5.69 Å². The van der Waals surface area contributed by atoms with E-state index in [2.05, 4.69) is 5.32 Å². The predicted octanol–water partition coefficient (Wildman–Crippen LogP) is 3.32. The molecule has 24 heavy (non-hydrogen) atoms. The van der Waals surface area contributed by atoms with Gasteiger partial charge in [-0.05, 0) is 37.9 Å². The largest absolute Gasteiger partial charge is 0.387 e. The fourth-order valence-corrected chi connectivity index (χ4v) is 2.99. The summed E-state index contributed by atoms with van der Waals surface area (Å²) in [5.74, 6) is -0.0879. The van der Waals surface area contributed by atoms with E-state index in [9.17, 15) is 9.90 Å². The van der Waals surface area contributed by atoms with Gasteiger partial charge in [-0.15, -0.1) is 11.8 Å². The highest BCUT2D eigenvalue weighted by molar-refractivity contribution is 7.98. The first-order chi connectivity index (χ1) is 11.5. The van der Waals surface area contributed by atoms with Gasteiger partial charge in [0.2, 0.25) is 5.91 Å². The maximum Gasteiger partial charge on any atom is 0.238 e. The third kappa shape index (κ3) is 5.37. The quantitative estimate of drug-likeness (QED) is 0.757. The van der Waals surface area contributed by atoms with Gasteiger partial charge in [-0.2, -0.15) is 0 Å². The van der Waals surface area contributed by atoms with Crippen molar-refractivity contribution in [3.8, 4) is 0 Å². The summed E-state index contributed by atoms with van der Waals surface area (Å²) < 4.78 is 0. The SMILES string of the molecule is CSc1ccccc1NC(=O)CN(C)CC(O)c1ccc(C)cc1. The van der Waals surface area contributed by atoms with E-state index >= 15 is 0 Å². The van der Waals surface area contributed by atoms with Crippen LogP contribution in [0.5, 0.6) is 0 Å². The molecule has 1 amide bonds. The van der Waals surface area contributed by atoms with Crippen molar-refractivity contribution in [3.63, 3.8) is 0 Å². The molecule has 4 nitrogen and oxygen atoms in total. The average Bonchev–Trinajstić information content (AvgIpc) is 2.55. The summed E-state index contributed by atoms with van der Waals surface area (Å²) in [7, 11) is 1.83. The van der Waals surface area contributed by atoms with Crippen LogP contribution in [-0.4, -0.2) is 42.3 Å². The molecule has 5 heteroatoms. The molecule has 0 aliphatic carbocycles. The number of anilines is 1. The number of nitrogens with one attached hydrogen (secondary N) is 1. The van der Waals surface area contributed by atoms with Gasteiger partial charge in [0.25, 0.3) is 0 Å². The molecule has 0 aliphatic heterocycles. The molecule has 1 atom stereocenters. The molecule has 2 rings (SSSR count). The summed E-state index contributed by atoms with van der Waals surface area (Å²) in [6.07, 6.45) is 1.37. The second-order valence-corrected chi connectivity index (χ2v) is 6.72. The molecule has 0 aromatic heterocycles. The second kappa shape index (κ2) is 8.87. The van der Waals surface area contributed by atoms with E-state index in [0.717, 1.165) is 21.7 Å². The molecule has 1 unspecified atom stereocenters. The van der Waals surface area contributed by atoms with Crippen molar-refractivity contribution in [1.29, 1.82) is 0 Å². The molecule has 2 N–H and O–H groups in total. The Hall–Kier alpha value is -1.82. The summed E-state index contributed by atoms with van der Waals surface area (Å²) in [6, 6.07) is 15.5. The average molecular weight is 344 g/mol. The van der Waals surface area contributed by atoms with E-state index in [0.29, 0.717) is 6.54 Å². The lowest BCUT2D eigenvalue weighted by Crippen LogP contribution is -2.33. The van der Waals surface area contributed by atoms with E-state index in [1.54, 1.807) is 11.8 Å². The summed E-state index contributed by atoms with van der Waals surface area (Å²) in [5.41, 5.74) is 2.84. The highest BCUT2D eigenvalue weighted by Crippen LogP contribution is 2.24. The molecule has 0 aliphatic rings. The molecule has 2 aromatic carbocycles. The van der Waals surface area contributed by atoms with Gasteiger partial charge in [0.1, 0.15) is 0 Å². The van der Waals surface area contributed by atoms with Crippen molar-refractivity contribution in [2.75, 3.05) is 31.7 Å². The maximum atomic E-state index is 12.2. The van der Waals surface area contributed by atoms with Crippen molar-refractivity contribution in [1.82, 2.24) is 4.90 Å². The summed E-state index contributed by atoms with van der Waals surface area (Å²) in [6.45, 7) is 2.64. The summed E-state index contributed by atoms with van der Waals surface area (Å²) in [5, 5.41) is 13.2. The van der Waals surface area contributed by atoms with Crippen LogP contribution in [0.1, 0.15) is 17.2 Å². The number of hydrogen-bond acceptors (Lipinski definition) is 4. The zero-order valence-electron chi connectivity index (χ0n) is 14.3. The fraction of sp³-hybridized carbons (Fsp3) is 0.316. The minimum atomic E-state index is -0.609. The Bertz CT molecular complexity index is 673. The number of likely N-dealkylation sites (N-methyl/N-ethyl adjacent to an activating group) is 1. The number of amides is 1. The van der Waals surface area contributed by atoms with Crippen LogP contribution < -0.4 is 5.32 Å². The molecule has 0 spiro atoms. The van der Waals surface area contributed by atoms with Gasteiger partial charge < -0.3 is 10.4 Å². The van der Waals surface area contributed by atoms with Crippen LogP contribution in [0.2, 0.25) is 0 Å². The number of aliphatic hydroxyl groups excluding tert-OH is 1. The van der Waals surface area contributed by atoms with Crippen molar-refractivity contribution in [3.05, 3.63) is 59.7 Å². The third-order valence-electron chi connectivity index (χ3n) is 3.74. The van der Waals surface area contributed by atoms with E-state index < -0.39 is 6.10 Å². The summed E-state index contributed by atoms with van der Waals surface area (Å²) in [4.78, 5) is 15.1. The Kier molecular flexibility index (Phi) is 6.85. The molecule has 2 aromatic rings. The van der Waals surface area contributed by atoms with E-state index in [4.69, 9.17) is 0 Å². The smallest absolute Gasteiger partial charge is 0.238 e.